The first kappa shape index (κ1) is 22.9. The van der Waals surface area contributed by atoms with Crippen molar-refractivity contribution in [1.82, 2.24) is 19.1 Å². The van der Waals surface area contributed by atoms with E-state index in [4.69, 9.17) is 16.3 Å². The number of ether oxygens (including phenoxy) is 1. The minimum absolute atomic E-state index is 0.00233. The molecule has 0 unspecified atom stereocenters. The second-order valence-electron chi connectivity index (χ2n) is 8.58. The van der Waals surface area contributed by atoms with Crippen LogP contribution in [-0.4, -0.2) is 91.9 Å². The lowest BCUT2D eigenvalue weighted by Gasteiger charge is -2.44. The minimum Gasteiger partial charge on any atom is -0.378 e. The molecule has 31 heavy (non-hydrogen) atoms. The maximum absolute atomic E-state index is 13.5. The fourth-order valence-electron chi connectivity index (χ4n) is 4.80. The monoisotopic (exact) mass is 470 g/mol. The molecule has 0 radical (unpaired) electrons. The zero-order valence-corrected chi connectivity index (χ0v) is 19.4. The summed E-state index contributed by atoms with van der Waals surface area (Å²) >= 11 is 5.91. The third-order valence-corrected chi connectivity index (χ3v) is 8.57. The highest BCUT2D eigenvalue weighted by Crippen LogP contribution is 2.29. The molecule has 172 valence electrons. The molecular weight excluding hydrogens is 440 g/mol. The van der Waals surface area contributed by atoms with E-state index in [9.17, 15) is 13.2 Å². The van der Waals surface area contributed by atoms with E-state index in [-0.39, 0.29) is 35.3 Å². The molecule has 2 atom stereocenters. The highest BCUT2D eigenvalue weighted by atomic mass is 35.5. The molecule has 8 nitrogen and oxygen atoms in total. The molecule has 3 aliphatic heterocycles. The summed E-state index contributed by atoms with van der Waals surface area (Å²) < 4.78 is 33.8. The van der Waals surface area contributed by atoms with Gasteiger partial charge in [0.15, 0.2) is 5.03 Å². The quantitative estimate of drug-likeness (QED) is 0.607. The van der Waals surface area contributed by atoms with Gasteiger partial charge < -0.3 is 9.64 Å². The van der Waals surface area contributed by atoms with Gasteiger partial charge in [0.25, 0.3) is 10.0 Å². The van der Waals surface area contributed by atoms with Crippen LogP contribution < -0.4 is 0 Å². The predicted molar refractivity (Wildman–Crippen MR) is 117 cm³/mol. The number of halogens is 1. The van der Waals surface area contributed by atoms with Crippen LogP contribution in [0.3, 0.4) is 0 Å². The number of carbonyl (C=O) groups is 1. The van der Waals surface area contributed by atoms with Crippen LogP contribution in [0.1, 0.15) is 31.2 Å². The van der Waals surface area contributed by atoms with Gasteiger partial charge in [-0.2, -0.15) is 4.31 Å². The second-order valence-corrected chi connectivity index (χ2v) is 10.7. The average molecular weight is 471 g/mol. The van der Waals surface area contributed by atoms with Crippen molar-refractivity contribution >= 4 is 27.5 Å². The molecule has 1 aromatic heterocycles. The number of hydrogen-bond donors (Lipinski definition) is 0. The Bertz CT molecular complexity index is 872. The van der Waals surface area contributed by atoms with Crippen molar-refractivity contribution in [2.24, 2.45) is 5.92 Å². The standard InChI is InChI=1S/C21H31ClN4O4S/c22-14-17-4-5-23-20(12-17)31(28,29)26-15-18(21(27)25-8-10-30-11-9-25)13-19(16-26)24-6-2-1-3-7-24/h4-5,12,18-19H,1-3,6-11,13-16H2/t18-,19+/m1/s1. The van der Waals surface area contributed by atoms with Crippen LogP contribution in [0.15, 0.2) is 23.4 Å². The molecule has 3 aliphatic rings. The fourth-order valence-corrected chi connectivity index (χ4v) is 6.47. The molecule has 1 amide bonds. The Morgan fingerprint density at radius 1 is 1.13 bits per heavy atom. The van der Waals surface area contributed by atoms with Crippen molar-refractivity contribution < 1.29 is 17.9 Å². The van der Waals surface area contributed by atoms with E-state index in [0.29, 0.717) is 44.8 Å². The van der Waals surface area contributed by atoms with Gasteiger partial charge in [-0.3, -0.25) is 9.69 Å². The molecule has 10 heteroatoms. The first-order valence-corrected chi connectivity index (χ1v) is 13.1. The smallest absolute Gasteiger partial charge is 0.260 e. The van der Waals surface area contributed by atoms with E-state index in [0.717, 1.165) is 25.9 Å². The topological polar surface area (TPSA) is 83.1 Å². The molecular formula is C21H31ClN4O4S. The van der Waals surface area contributed by atoms with Gasteiger partial charge in [-0.15, -0.1) is 11.6 Å². The zero-order chi connectivity index (χ0) is 21.8. The fraction of sp³-hybridized carbons (Fsp3) is 0.714. The highest BCUT2D eigenvalue weighted by Gasteiger charge is 2.41. The van der Waals surface area contributed by atoms with Crippen LogP contribution in [0.2, 0.25) is 0 Å². The summed E-state index contributed by atoms with van der Waals surface area (Å²) in [5.74, 6) is -0.100. The molecule has 3 saturated heterocycles. The van der Waals surface area contributed by atoms with E-state index < -0.39 is 10.0 Å². The van der Waals surface area contributed by atoms with Gasteiger partial charge in [-0.1, -0.05) is 6.42 Å². The number of piperidine rings is 2. The van der Waals surface area contributed by atoms with Gasteiger partial charge in [0.05, 0.1) is 19.1 Å². The molecule has 0 aliphatic carbocycles. The summed E-state index contributed by atoms with van der Waals surface area (Å²) in [5, 5.41) is 0.00233. The van der Waals surface area contributed by atoms with Gasteiger partial charge in [-0.25, -0.2) is 13.4 Å². The molecule has 1 aromatic rings. The first-order chi connectivity index (χ1) is 15.0. The number of carbonyl (C=O) groups excluding carboxylic acids is 1. The SMILES string of the molecule is O=C([C@@H]1C[C@H](N2CCCCC2)CN(S(=O)(=O)c2cc(CCl)ccn2)C1)N1CCOCC1. The predicted octanol–water partition coefficient (Wildman–Crippen LogP) is 1.54. The van der Waals surface area contributed by atoms with Crippen molar-refractivity contribution in [2.75, 3.05) is 52.5 Å². The number of likely N-dealkylation sites (tertiary alicyclic amines) is 1. The number of amides is 1. The largest absolute Gasteiger partial charge is 0.378 e. The lowest BCUT2D eigenvalue weighted by Crippen LogP contribution is -2.57. The van der Waals surface area contributed by atoms with Crippen molar-refractivity contribution in [3.05, 3.63) is 23.9 Å². The molecule has 4 heterocycles. The maximum Gasteiger partial charge on any atom is 0.260 e. The van der Waals surface area contributed by atoms with E-state index >= 15 is 0 Å². The third-order valence-electron chi connectivity index (χ3n) is 6.53. The van der Waals surface area contributed by atoms with E-state index in [1.807, 2.05) is 4.90 Å². The summed E-state index contributed by atoms with van der Waals surface area (Å²) in [6.45, 7) is 4.69. The van der Waals surface area contributed by atoms with Crippen LogP contribution >= 0.6 is 11.6 Å². The number of sulfonamides is 1. The van der Waals surface area contributed by atoms with Crippen molar-refractivity contribution in [1.29, 1.82) is 0 Å². The van der Waals surface area contributed by atoms with Gasteiger partial charge >= 0.3 is 0 Å². The number of pyridine rings is 1. The van der Waals surface area contributed by atoms with Crippen LogP contribution in [0, 0.1) is 5.92 Å². The van der Waals surface area contributed by atoms with Crippen LogP contribution in [-0.2, 0) is 25.4 Å². The van der Waals surface area contributed by atoms with Crippen LogP contribution in [0.5, 0.6) is 0 Å². The molecule has 3 fully saturated rings. The van der Waals surface area contributed by atoms with Crippen molar-refractivity contribution in [3.63, 3.8) is 0 Å². The maximum atomic E-state index is 13.5. The molecule has 0 N–H and O–H groups in total. The Balaban J connectivity index is 1.59. The van der Waals surface area contributed by atoms with Gasteiger partial charge in [-0.05, 0) is 50.0 Å². The Labute approximate surface area is 189 Å². The molecule has 0 bridgehead atoms. The summed E-state index contributed by atoms with van der Waals surface area (Å²) in [5.41, 5.74) is 0.709. The van der Waals surface area contributed by atoms with Crippen molar-refractivity contribution in [3.8, 4) is 0 Å². The first-order valence-electron chi connectivity index (χ1n) is 11.1. The minimum atomic E-state index is -3.82. The number of morpholine rings is 1. The molecule has 4 rings (SSSR count). The van der Waals surface area contributed by atoms with E-state index in [1.165, 1.54) is 23.0 Å². The van der Waals surface area contributed by atoms with E-state index in [1.54, 1.807) is 6.07 Å². The lowest BCUT2D eigenvalue weighted by atomic mass is 9.92. The van der Waals surface area contributed by atoms with Gasteiger partial charge in [0.2, 0.25) is 5.91 Å². The second kappa shape index (κ2) is 10.1. The average Bonchev–Trinajstić information content (AvgIpc) is 2.84. The summed E-state index contributed by atoms with van der Waals surface area (Å²) in [7, 11) is -3.82. The molecule has 0 spiro atoms. The Hall–Kier alpha value is -1.26. The van der Waals surface area contributed by atoms with Gasteiger partial charge in [0.1, 0.15) is 0 Å². The highest BCUT2D eigenvalue weighted by molar-refractivity contribution is 7.89. The molecule has 0 saturated carbocycles. The lowest BCUT2D eigenvalue weighted by molar-refractivity contribution is -0.141. The summed E-state index contributed by atoms with van der Waals surface area (Å²) in [6, 6.07) is 3.28. The Morgan fingerprint density at radius 2 is 1.87 bits per heavy atom. The number of nitrogens with zero attached hydrogens (tertiary/aromatic N) is 4. The zero-order valence-electron chi connectivity index (χ0n) is 17.8. The van der Waals surface area contributed by atoms with Crippen LogP contribution in [0.25, 0.3) is 0 Å². The van der Waals surface area contributed by atoms with Crippen LogP contribution in [0.4, 0.5) is 0 Å². The number of aromatic nitrogens is 1. The summed E-state index contributed by atoms with van der Waals surface area (Å²) in [4.78, 5) is 21.6. The number of alkyl halides is 1. The van der Waals surface area contributed by atoms with Gasteiger partial charge in [0, 0.05) is 44.3 Å². The normalized spacial score (nSPS) is 26.7. The summed E-state index contributed by atoms with van der Waals surface area (Å²) in [6.07, 6.45) is 5.61. The Morgan fingerprint density at radius 3 is 2.58 bits per heavy atom. The molecule has 0 aromatic carbocycles. The number of hydrogen-bond acceptors (Lipinski definition) is 6. The third kappa shape index (κ3) is 5.22. The van der Waals surface area contributed by atoms with E-state index in [2.05, 4.69) is 9.88 Å². The Kier molecular flexibility index (Phi) is 7.48. The number of rotatable bonds is 5. The van der Waals surface area contributed by atoms with Crippen molar-refractivity contribution in [2.45, 2.75) is 42.6 Å².